The van der Waals surface area contributed by atoms with Crippen molar-refractivity contribution >= 4 is 0 Å². The fraction of sp³-hybridized carbons (Fsp3) is 0.300. The molecular formula is C10H14N+. The van der Waals surface area contributed by atoms with Gasteiger partial charge in [0.05, 0.1) is 0 Å². The van der Waals surface area contributed by atoms with Crippen molar-refractivity contribution in [1.29, 1.82) is 0 Å². The smallest absolute Gasteiger partial charge is 0.168 e. The van der Waals surface area contributed by atoms with E-state index >= 15 is 0 Å². The first-order chi connectivity index (χ1) is 5.18. The van der Waals surface area contributed by atoms with Crippen LogP contribution in [-0.4, -0.2) is 0 Å². The van der Waals surface area contributed by atoms with Crippen molar-refractivity contribution in [2.45, 2.75) is 13.3 Å². The highest BCUT2D eigenvalue weighted by Gasteiger charge is 1.94. The van der Waals surface area contributed by atoms with Crippen molar-refractivity contribution in [1.82, 2.24) is 0 Å². The summed E-state index contributed by atoms with van der Waals surface area (Å²) in [6.07, 6.45) is 5.09. The largest absolute Gasteiger partial charge is 0.208 e. The minimum absolute atomic E-state index is 0.987. The molecule has 0 unspecified atom stereocenters. The van der Waals surface area contributed by atoms with Crippen LogP contribution in [-0.2, 0) is 13.5 Å². The van der Waals surface area contributed by atoms with Crippen LogP contribution in [0.25, 0.3) is 0 Å². The van der Waals surface area contributed by atoms with Crippen molar-refractivity contribution in [2.75, 3.05) is 0 Å². The molecule has 1 heteroatoms. The first-order valence-electron chi connectivity index (χ1n) is 3.77. The number of hydrogen-bond acceptors (Lipinski definition) is 0. The molecule has 0 saturated heterocycles. The second-order valence-corrected chi connectivity index (χ2v) is 3.01. The van der Waals surface area contributed by atoms with Crippen LogP contribution in [0.3, 0.4) is 0 Å². The molecular weight excluding hydrogens is 134 g/mol. The van der Waals surface area contributed by atoms with E-state index in [9.17, 15) is 0 Å². The summed E-state index contributed by atoms with van der Waals surface area (Å²) in [5.41, 5.74) is 2.54. The van der Waals surface area contributed by atoms with Gasteiger partial charge in [0.15, 0.2) is 12.4 Å². The lowest BCUT2D eigenvalue weighted by Gasteiger charge is -1.96. The van der Waals surface area contributed by atoms with Crippen molar-refractivity contribution in [3.05, 3.63) is 42.2 Å². The molecule has 0 fully saturated rings. The molecule has 1 aromatic heterocycles. The Bertz CT molecular complexity index is 246. The van der Waals surface area contributed by atoms with E-state index < -0.39 is 0 Å². The summed E-state index contributed by atoms with van der Waals surface area (Å²) >= 11 is 0. The average molecular weight is 148 g/mol. The molecule has 1 aromatic rings. The van der Waals surface area contributed by atoms with Crippen LogP contribution in [0.2, 0.25) is 0 Å². The van der Waals surface area contributed by atoms with Gasteiger partial charge in [-0.05, 0) is 18.9 Å². The molecule has 1 rings (SSSR count). The van der Waals surface area contributed by atoms with E-state index in [1.807, 2.05) is 18.5 Å². The molecule has 11 heavy (non-hydrogen) atoms. The molecule has 0 spiro atoms. The van der Waals surface area contributed by atoms with Gasteiger partial charge in [0.2, 0.25) is 0 Å². The topological polar surface area (TPSA) is 3.88 Å². The van der Waals surface area contributed by atoms with Gasteiger partial charge in [0, 0.05) is 12.1 Å². The maximum Gasteiger partial charge on any atom is 0.168 e. The Morgan fingerprint density at radius 1 is 1.45 bits per heavy atom. The lowest BCUT2D eigenvalue weighted by molar-refractivity contribution is -0.671. The van der Waals surface area contributed by atoms with Crippen molar-refractivity contribution in [2.24, 2.45) is 7.05 Å². The molecule has 0 aliphatic carbocycles. The highest BCUT2D eigenvalue weighted by Crippen LogP contribution is 2.02. The predicted molar refractivity (Wildman–Crippen MR) is 46.1 cm³/mol. The molecule has 0 radical (unpaired) electrons. The summed E-state index contributed by atoms with van der Waals surface area (Å²) in [6.45, 7) is 5.91. The Morgan fingerprint density at radius 3 is 2.45 bits per heavy atom. The molecule has 58 valence electrons. The Kier molecular flexibility index (Phi) is 2.42. The zero-order valence-electron chi connectivity index (χ0n) is 7.17. The summed E-state index contributed by atoms with van der Waals surface area (Å²) in [6, 6.07) is 4.24. The number of hydrogen-bond donors (Lipinski definition) is 0. The highest BCUT2D eigenvalue weighted by molar-refractivity contribution is 5.14. The molecule has 0 aromatic carbocycles. The van der Waals surface area contributed by atoms with Gasteiger partial charge in [0.1, 0.15) is 7.05 Å². The lowest BCUT2D eigenvalue weighted by Crippen LogP contribution is -2.25. The first kappa shape index (κ1) is 7.99. The standard InChI is InChI=1S/C10H14N/c1-9(2)8-10-4-6-11(3)7-5-10/h4-7H,1,8H2,2-3H3/q+1. The quantitative estimate of drug-likeness (QED) is 0.443. The monoisotopic (exact) mass is 148 g/mol. The van der Waals surface area contributed by atoms with Crippen molar-refractivity contribution < 1.29 is 4.57 Å². The minimum atomic E-state index is 0.987. The molecule has 0 aliphatic rings. The zero-order chi connectivity index (χ0) is 8.27. The Hall–Kier alpha value is -1.11. The molecule has 0 bridgehead atoms. The third-order valence-corrected chi connectivity index (χ3v) is 1.55. The summed E-state index contributed by atoms with van der Waals surface area (Å²) in [5, 5.41) is 0. The number of aryl methyl sites for hydroxylation is 1. The van der Waals surface area contributed by atoms with Gasteiger partial charge in [-0.15, -0.1) is 0 Å². The summed E-state index contributed by atoms with van der Waals surface area (Å²) in [4.78, 5) is 0. The number of rotatable bonds is 2. The van der Waals surface area contributed by atoms with E-state index in [4.69, 9.17) is 0 Å². The van der Waals surface area contributed by atoms with Crippen LogP contribution in [0.5, 0.6) is 0 Å². The number of pyridine rings is 1. The predicted octanol–water partition coefficient (Wildman–Crippen LogP) is 1.63. The lowest BCUT2D eigenvalue weighted by atomic mass is 10.1. The van der Waals surface area contributed by atoms with Gasteiger partial charge >= 0.3 is 0 Å². The van der Waals surface area contributed by atoms with Crippen molar-refractivity contribution in [3.63, 3.8) is 0 Å². The van der Waals surface area contributed by atoms with Gasteiger partial charge in [-0.1, -0.05) is 12.2 Å². The Labute approximate surface area is 68.0 Å². The zero-order valence-corrected chi connectivity index (χ0v) is 7.17. The van der Waals surface area contributed by atoms with Gasteiger partial charge in [-0.25, -0.2) is 4.57 Å². The third kappa shape index (κ3) is 2.54. The SMILES string of the molecule is C=C(C)Cc1cc[n+](C)cc1. The third-order valence-electron chi connectivity index (χ3n) is 1.55. The van der Waals surface area contributed by atoms with Crippen LogP contribution in [0.15, 0.2) is 36.7 Å². The molecule has 1 heterocycles. The van der Waals surface area contributed by atoms with Gasteiger partial charge in [-0.3, -0.25) is 0 Å². The van der Waals surface area contributed by atoms with Gasteiger partial charge in [0.25, 0.3) is 0 Å². The summed E-state index contributed by atoms with van der Waals surface area (Å²) < 4.78 is 2.03. The Balaban J connectivity index is 2.74. The van der Waals surface area contributed by atoms with Crippen LogP contribution >= 0.6 is 0 Å². The van der Waals surface area contributed by atoms with E-state index in [0.717, 1.165) is 6.42 Å². The van der Waals surface area contributed by atoms with Crippen LogP contribution in [0, 0.1) is 0 Å². The summed E-state index contributed by atoms with van der Waals surface area (Å²) in [7, 11) is 2.02. The molecule has 0 N–H and O–H groups in total. The van der Waals surface area contributed by atoms with E-state index in [0.29, 0.717) is 0 Å². The van der Waals surface area contributed by atoms with E-state index in [1.54, 1.807) is 0 Å². The van der Waals surface area contributed by atoms with Crippen LogP contribution in [0.1, 0.15) is 12.5 Å². The number of nitrogens with zero attached hydrogens (tertiary/aromatic N) is 1. The maximum absolute atomic E-state index is 3.87. The fourth-order valence-electron chi connectivity index (χ4n) is 0.998. The molecule has 1 nitrogen and oxygen atoms in total. The van der Waals surface area contributed by atoms with E-state index in [1.165, 1.54) is 11.1 Å². The Morgan fingerprint density at radius 2 is 2.00 bits per heavy atom. The second kappa shape index (κ2) is 3.33. The van der Waals surface area contributed by atoms with Crippen LogP contribution in [0.4, 0.5) is 0 Å². The normalized spacial score (nSPS) is 9.64. The second-order valence-electron chi connectivity index (χ2n) is 3.01. The fourth-order valence-corrected chi connectivity index (χ4v) is 0.998. The van der Waals surface area contributed by atoms with Gasteiger partial charge < -0.3 is 0 Å². The summed E-state index contributed by atoms with van der Waals surface area (Å²) in [5.74, 6) is 0. The van der Waals surface area contributed by atoms with Gasteiger partial charge in [-0.2, -0.15) is 0 Å². The molecule has 0 amide bonds. The minimum Gasteiger partial charge on any atom is -0.208 e. The van der Waals surface area contributed by atoms with Crippen molar-refractivity contribution in [3.8, 4) is 0 Å². The first-order valence-corrected chi connectivity index (χ1v) is 3.77. The molecule has 0 aliphatic heterocycles. The molecule has 0 saturated carbocycles. The number of aromatic nitrogens is 1. The van der Waals surface area contributed by atoms with E-state index in [2.05, 4.69) is 31.1 Å². The van der Waals surface area contributed by atoms with Crippen LogP contribution < -0.4 is 4.57 Å². The number of allylic oxidation sites excluding steroid dienone is 1. The highest BCUT2D eigenvalue weighted by atomic mass is 14.9. The average Bonchev–Trinajstić information content (AvgIpc) is 1.93. The maximum atomic E-state index is 3.87. The molecule has 0 atom stereocenters. The van der Waals surface area contributed by atoms with E-state index in [-0.39, 0.29) is 0 Å².